The summed E-state index contributed by atoms with van der Waals surface area (Å²) in [6.07, 6.45) is 1.79. The lowest BCUT2D eigenvalue weighted by molar-refractivity contribution is 0.672. The van der Waals surface area contributed by atoms with Gasteiger partial charge in [-0.3, -0.25) is 0 Å². The van der Waals surface area contributed by atoms with E-state index in [4.69, 9.17) is 0 Å². The van der Waals surface area contributed by atoms with Gasteiger partial charge in [0.15, 0.2) is 0 Å². The fraction of sp³-hybridized carbons (Fsp3) is 0.273. The zero-order valence-corrected chi connectivity index (χ0v) is 8.72. The maximum atomic E-state index is 4.07. The summed E-state index contributed by atoms with van der Waals surface area (Å²) < 4.78 is 1.85. The fourth-order valence-corrected chi connectivity index (χ4v) is 1.42. The lowest BCUT2D eigenvalue weighted by atomic mass is 10.3. The summed E-state index contributed by atoms with van der Waals surface area (Å²) in [7, 11) is 0. The average molecular weight is 202 g/mol. The Morgan fingerprint density at radius 1 is 1.27 bits per heavy atom. The highest BCUT2D eigenvalue weighted by Gasteiger charge is 2.04. The van der Waals surface area contributed by atoms with Crippen LogP contribution in [-0.2, 0) is 6.54 Å². The number of para-hydroxylation sites is 1. The van der Waals surface area contributed by atoms with Crippen molar-refractivity contribution in [2.75, 3.05) is 6.54 Å². The molecule has 0 radical (unpaired) electrons. The quantitative estimate of drug-likeness (QED) is 0.814. The van der Waals surface area contributed by atoms with Crippen LogP contribution in [0.3, 0.4) is 0 Å². The molecule has 2 aromatic rings. The van der Waals surface area contributed by atoms with E-state index in [2.05, 4.69) is 22.6 Å². The van der Waals surface area contributed by atoms with Crippen molar-refractivity contribution in [1.29, 1.82) is 0 Å². The molecule has 4 heteroatoms. The predicted octanol–water partition coefficient (Wildman–Crippen LogP) is 1.38. The minimum Gasteiger partial charge on any atom is -0.311 e. The molecule has 0 unspecified atom stereocenters. The lowest BCUT2D eigenvalue weighted by Crippen LogP contribution is -2.15. The number of nitrogens with zero attached hydrogens (tertiary/aromatic N) is 3. The van der Waals surface area contributed by atoms with E-state index < -0.39 is 0 Å². The largest absolute Gasteiger partial charge is 0.311 e. The summed E-state index contributed by atoms with van der Waals surface area (Å²) in [6, 6.07) is 10.0. The van der Waals surface area contributed by atoms with Gasteiger partial charge in [-0.15, -0.1) is 5.10 Å². The molecule has 0 aliphatic carbocycles. The predicted molar refractivity (Wildman–Crippen MR) is 58.7 cm³/mol. The van der Waals surface area contributed by atoms with Gasteiger partial charge in [-0.25, -0.2) is 4.68 Å². The number of nitrogens with one attached hydrogen (secondary N) is 1. The van der Waals surface area contributed by atoms with Crippen LogP contribution in [0.1, 0.15) is 12.6 Å². The molecule has 0 saturated heterocycles. The Labute approximate surface area is 88.9 Å². The van der Waals surface area contributed by atoms with E-state index in [1.165, 1.54) is 0 Å². The van der Waals surface area contributed by atoms with Gasteiger partial charge < -0.3 is 5.32 Å². The molecule has 1 aromatic heterocycles. The first-order valence-corrected chi connectivity index (χ1v) is 5.07. The monoisotopic (exact) mass is 202 g/mol. The molecule has 0 saturated carbocycles. The highest BCUT2D eigenvalue weighted by atomic mass is 15.4. The molecule has 15 heavy (non-hydrogen) atoms. The first-order chi connectivity index (χ1) is 7.42. The van der Waals surface area contributed by atoms with Crippen molar-refractivity contribution in [1.82, 2.24) is 20.3 Å². The van der Waals surface area contributed by atoms with Crippen molar-refractivity contribution in [3.8, 4) is 5.69 Å². The smallest absolute Gasteiger partial charge is 0.0783 e. The summed E-state index contributed by atoms with van der Waals surface area (Å²) in [6.45, 7) is 3.81. The van der Waals surface area contributed by atoms with Crippen LogP contribution in [-0.4, -0.2) is 21.5 Å². The van der Waals surface area contributed by atoms with Crippen molar-refractivity contribution in [3.63, 3.8) is 0 Å². The highest BCUT2D eigenvalue weighted by Crippen LogP contribution is 2.07. The minimum atomic E-state index is 0.790. The number of aromatic nitrogens is 3. The van der Waals surface area contributed by atoms with E-state index in [1.807, 2.05) is 35.0 Å². The molecular formula is C11H14N4. The highest BCUT2D eigenvalue weighted by molar-refractivity contribution is 5.31. The van der Waals surface area contributed by atoms with Crippen LogP contribution in [0.2, 0.25) is 0 Å². The third kappa shape index (κ3) is 2.22. The van der Waals surface area contributed by atoms with Crippen molar-refractivity contribution in [2.45, 2.75) is 13.5 Å². The van der Waals surface area contributed by atoms with Crippen LogP contribution in [0.25, 0.3) is 5.69 Å². The molecule has 0 fully saturated rings. The Kier molecular flexibility index (Phi) is 3.09. The summed E-state index contributed by atoms with van der Waals surface area (Å²) in [5.41, 5.74) is 2.12. The maximum Gasteiger partial charge on any atom is 0.0783 e. The SMILES string of the molecule is CCNCc1cnnn1-c1ccccc1. The van der Waals surface area contributed by atoms with Crippen molar-refractivity contribution < 1.29 is 0 Å². The number of rotatable bonds is 4. The second-order valence-corrected chi connectivity index (χ2v) is 3.25. The van der Waals surface area contributed by atoms with Gasteiger partial charge in [0.05, 0.1) is 17.6 Å². The zero-order chi connectivity index (χ0) is 10.5. The van der Waals surface area contributed by atoms with E-state index in [9.17, 15) is 0 Å². The Bertz CT molecular complexity index is 408. The Hall–Kier alpha value is -1.68. The number of hydrogen-bond acceptors (Lipinski definition) is 3. The molecule has 2 rings (SSSR count). The van der Waals surface area contributed by atoms with E-state index >= 15 is 0 Å². The second-order valence-electron chi connectivity index (χ2n) is 3.25. The van der Waals surface area contributed by atoms with Crippen LogP contribution in [0.4, 0.5) is 0 Å². The maximum absolute atomic E-state index is 4.07. The minimum absolute atomic E-state index is 0.790. The number of benzene rings is 1. The molecule has 1 heterocycles. The van der Waals surface area contributed by atoms with Crippen molar-refractivity contribution in [2.24, 2.45) is 0 Å². The van der Waals surface area contributed by atoms with E-state index in [0.29, 0.717) is 0 Å². The molecule has 0 atom stereocenters. The van der Waals surface area contributed by atoms with Crippen LogP contribution in [0.15, 0.2) is 36.5 Å². The van der Waals surface area contributed by atoms with E-state index in [1.54, 1.807) is 6.20 Å². The summed E-state index contributed by atoms with van der Waals surface area (Å²) >= 11 is 0. The summed E-state index contributed by atoms with van der Waals surface area (Å²) in [5, 5.41) is 11.3. The van der Waals surface area contributed by atoms with Gasteiger partial charge in [0.25, 0.3) is 0 Å². The van der Waals surface area contributed by atoms with E-state index in [0.717, 1.165) is 24.5 Å². The molecule has 1 aromatic carbocycles. The van der Waals surface area contributed by atoms with Gasteiger partial charge in [0.2, 0.25) is 0 Å². The molecule has 1 N–H and O–H groups in total. The molecule has 78 valence electrons. The van der Waals surface area contributed by atoms with Gasteiger partial charge in [-0.2, -0.15) is 0 Å². The Balaban J connectivity index is 2.25. The van der Waals surface area contributed by atoms with Crippen LogP contribution >= 0.6 is 0 Å². The van der Waals surface area contributed by atoms with Crippen LogP contribution in [0.5, 0.6) is 0 Å². The fourth-order valence-electron chi connectivity index (χ4n) is 1.42. The van der Waals surface area contributed by atoms with Crippen molar-refractivity contribution in [3.05, 3.63) is 42.2 Å². The van der Waals surface area contributed by atoms with Gasteiger partial charge >= 0.3 is 0 Å². The first-order valence-electron chi connectivity index (χ1n) is 5.07. The molecule has 0 bridgehead atoms. The van der Waals surface area contributed by atoms with Crippen molar-refractivity contribution >= 4 is 0 Å². The molecule has 4 nitrogen and oxygen atoms in total. The van der Waals surface area contributed by atoms with Crippen LogP contribution < -0.4 is 5.32 Å². The molecule has 0 aliphatic heterocycles. The summed E-state index contributed by atoms with van der Waals surface area (Å²) in [4.78, 5) is 0. The third-order valence-electron chi connectivity index (χ3n) is 2.18. The Morgan fingerprint density at radius 2 is 2.07 bits per heavy atom. The normalized spacial score (nSPS) is 10.5. The molecular weight excluding hydrogens is 188 g/mol. The molecule has 0 amide bonds. The summed E-state index contributed by atoms with van der Waals surface area (Å²) in [5.74, 6) is 0. The lowest BCUT2D eigenvalue weighted by Gasteiger charge is -2.05. The first kappa shape index (κ1) is 9.86. The molecule has 0 aliphatic rings. The zero-order valence-electron chi connectivity index (χ0n) is 8.72. The molecule has 0 spiro atoms. The van der Waals surface area contributed by atoms with Gasteiger partial charge in [0, 0.05) is 6.54 Å². The van der Waals surface area contributed by atoms with Gasteiger partial charge in [0.1, 0.15) is 0 Å². The Morgan fingerprint density at radius 3 is 2.80 bits per heavy atom. The van der Waals surface area contributed by atoms with Gasteiger partial charge in [-0.1, -0.05) is 30.3 Å². The second kappa shape index (κ2) is 4.70. The van der Waals surface area contributed by atoms with Gasteiger partial charge in [-0.05, 0) is 18.7 Å². The topological polar surface area (TPSA) is 42.7 Å². The van der Waals surface area contributed by atoms with E-state index in [-0.39, 0.29) is 0 Å². The number of hydrogen-bond donors (Lipinski definition) is 1. The third-order valence-corrected chi connectivity index (χ3v) is 2.18. The van der Waals surface area contributed by atoms with Crippen LogP contribution in [0, 0.1) is 0 Å². The average Bonchev–Trinajstić information content (AvgIpc) is 2.75. The standard InChI is InChI=1S/C11H14N4/c1-2-12-8-11-9-13-14-15(11)10-6-4-3-5-7-10/h3-7,9,12H,2,8H2,1H3.